The summed E-state index contributed by atoms with van der Waals surface area (Å²) in [5.41, 5.74) is 5.95. The Morgan fingerprint density at radius 1 is 1.60 bits per heavy atom. The number of hydrogen-bond acceptors (Lipinski definition) is 2. The molecule has 0 saturated heterocycles. The summed E-state index contributed by atoms with van der Waals surface area (Å²) in [4.78, 5) is 0. The zero-order valence-corrected chi connectivity index (χ0v) is 6.98. The minimum Gasteiger partial charge on any atom is -0.329 e. The van der Waals surface area contributed by atoms with Crippen LogP contribution >= 0.6 is 0 Å². The smallest absolute Gasteiger partial charge is 0.0307 e. The van der Waals surface area contributed by atoms with Gasteiger partial charge in [0.05, 0.1) is 0 Å². The van der Waals surface area contributed by atoms with Crippen LogP contribution in [0.25, 0.3) is 0 Å². The second kappa shape index (κ2) is 2.89. The lowest BCUT2D eigenvalue weighted by Crippen LogP contribution is -2.43. The zero-order chi connectivity index (χ0) is 7.61. The molecule has 0 aromatic carbocycles. The molecule has 1 aliphatic rings. The fourth-order valence-electron chi connectivity index (χ4n) is 1.18. The molecule has 0 aliphatic heterocycles. The van der Waals surface area contributed by atoms with Crippen LogP contribution in [-0.4, -0.2) is 18.1 Å². The molecule has 2 nitrogen and oxygen atoms in total. The van der Waals surface area contributed by atoms with E-state index in [0.29, 0.717) is 11.6 Å². The fourth-order valence-corrected chi connectivity index (χ4v) is 1.18. The van der Waals surface area contributed by atoms with Gasteiger partial charge in [-0.05, 0) is 26.2 Å². The van der Waals surface area contributed by atoms with Gasteiger partial charge in [-0.1, -0.05) is 6.92 Å². The van der Waals surface area contributed by atoms with Crippen LogP contribution in [0.5, 0.6) is 0 Å². The standard InChI is InChI=1S/C8H18N2/c1-3-7(2)10-8(6-9)4-5-8/h7,10H,3-6,9H2,1-2H3. The lowest BCUT2D eigenvalue weighted by atomic mass is 10.2. The van der Waals surface area contributed by atoms with Gasteiger partial charge in [0.1, 0.15) is 0 Å². The molecule has 3 N–H and O–H groups in total. The maximum atomic E-state index is 5.61. The number of nitrogens with two attached hydrogens (primary N) is 1. The molecular formula is C8H18N2. The summed E-state index contributed by atoms with van der Waals surface area (Å²) in [5, 5.41) is 3.54. The Hall–Kier alpha value is -0.0800. The van der Waals surface area contributed by atoms with E-state index in [9.17, 15) is 0 Å². The largest absolute Gasteiger partial charge is 0.329 e. The Labute approximate surface area is 63.2 Å². The van der Waals surface area contributed by atoms with Gasteiger partial charge in [0.15, 0.2) is 0 Å². The van der Waals surface area contributed by atoms with Gasteiger partial charge in [-0.25, -0.2) is 0 Å². The Morgan fingerprint density at radius 3 is 2.50 bits per heavy atom. The molecule has 1 saturated carbocycles. The van der Waals surface area contributed by atoms with E-state index in [1.165, 1.54) is 19.3 Å². The number of nitrogens with one attached hydrogen (secondary N) is 1. The minimum atomic E-state index is 0.343. The molecule has 0 aromatic heterocycles. The van der Waals surface area contributed by atoms with Crippen molar-refractivity contribution in [3.63, 3.8) is 0 Å². The molecule has 10 heavy (non-hydrogen) atoms. The van der Waals surface area contributed by atoms with E-state index < -0.39 is 0 Å². The van der Waals surface area contributed by atoms with Crippen molar-refractivity contribution in [3.8, 4) is 0 Å². The second-order valence-electron chi connectivity index (χ2n) is 3.44. The Morgan fingerprint density at radius 2 is 2.20 bits per heavy atom. The first-order chi connectivity index (χ1) is 4.72. The monoisotopic (exact) mass is 142 g/mol. The van der Waals surface area contributed by atoms with Crippen molar-refractivity contribution in [2.24, 2.45) is 5.73 Å². The summed E-state index contributed by atoms with van der Waals surface area (Å²) in [6.07, 6.45) is 3.74. The van der Waals surface area contributed by atoms with Crippen molar-refractivity contribution < 1.29 is 0 Å². The quantitative estimate of drug-likeness (QED) is 0.611. The van der Waals surface area contributed by atoms with E-state index >= 15 is 0 Å². The lowest BCUT2D eigenvalue weighted by Gasteiger charge is -2.19. The molecule has 1 unspecified atom stereocenters. The highest BCUT2D eigenvalue weighted by molar-refractivity contribution is 5.03. The first-order valence-corrected chi connectivity index (χ1v) is 4.20. The molecule has 60 valence electrons. The highest BCUT2D eigenvalue weighted by atomic mass is 15.1. The van der Waals surface area contributed by atoms with Crippen LogP contribution in [0, 0.1) is 0 Å². The average Bonchev–Trinajstić information content (AvgIpc) is 2.70. The molecule has 1 aliphatic carbocycles. The average molecular weight is 142 g/mol. The topological polar surface area (TPSA) is 38.0 Å². The van der Waals surface area contributed by atoms with Crippen LogP contribution < -0.4 is 11.1 Å². The van der Waals surface area contributed by atoms with Crippen molar-refractivity contribution in [1.29, 1.82) is 0 Å². The second-order valence-corrected chi connectivity index (χ2v) is 3.44. The van der Waals surface area contributed by atoms with E-state index in [4.69, 9.17) is 5.73 Å². The maximum absolute atomic E-state index is 5.61. The highest BCUT2D eigenvalue weighted by Gasteiger charge is 2.41. The molecule has 0 spiro atoms. The SMILES string of the molecule is CCC(C)NC1(CN)CC1. The van der Waals surface area contributed by atoms with Crippen LogP contribution in [0.3, 0.4) is 0 Å². The summed E-state index contributed by atoms with van der Waals surface area (Å²) in [6.45, 7) is 5.22. The van der Waals surface area contributed by atoms with Gasteiger partial charge >= 0.3 is 0 Å². The zero-order valence-electron chi connectivity index (χ0n) is 6.98. The Balaban J connectivity index is 2.23. The van der Waals surface area contributed by atoms with Gasteiger partial charge < -0.3 is 11.1 Å². The lowest BCUT2D eigenvalue weighted by molar-refractivity contribution is 0.426. The normalized spacial score (nSPS) is 24.3. The van der Waals surface area contributed by atoms with E-state index in [1.807, 2.05) is 0 Å². The molecule has 0 bridgehead atoms. The third-order valence-electron chi connectivity index (χ3n) is 2.41. The van der Waals surface area contributed by atoms with Gasteiger partial charge in [0.2, 0.25) is 0 Å². The van der Waals surface area contributed by atoms with Gasteiger partial charge in [-0.2, -0.15) is 0 Å². The first kappa shape index (κ1) is 8.02. The molecule has 2 heteroatoms. The van der Waals surface area contributed by atoms with E-state index in [2.05, 4.69) is 19.2 Å². The van der Waals surface area contributed by atoms with Gasteiger partial charge in [0, 0.05) is 18.1 Å². The molecule has 1 rings (SSSR count). The highest BCUT2D eigenvalue weighted by Crippen LogP contribution is 2.34. The summed E-state index contributed by atoms with van der Waals surface area (Å²) >= 11 is 0. The summed E-state index contributed by atoms with van der Waals surface area (Å²) in [6, 6.07) is 0.631. The molecule has 0 heterocycles. The third-order valence-corrected chi connectivity index (χ3v) is 2.41. The summed E-state index contributed by atoms with van der Waals surface area (Å²) in [7, 11) is 0. The van der Waals surface area contributed by atoms with Crippen LogP contribution in [0.4, 0.5) is 0 Å². The summed E-state index contributed by atoms with van der Waals surface area (Å²) in [5.74, 6) is 0. The van der Waals surface area contributed by atoms with Crippen LogP contribution in [-0.2, 0) is 0 Å². The fraction of sp³-hybridized carbons (Fsp3) is 1.00. The van der Waals surface area contributed by atoms with Gasteiger partial charge in [-0.15, -0.1) is 0 Å². The molecule has 0 radical (unpaired) electrons. The number of rotatable bonds is 4. The van der Waals surface area contributed by atoms with Crippen LogP contribution in [0.1, 0.15) is 33.1 Å². The molecule has 1 atom stereocenters. The number of hydrogen-bond donors (Lipinski definition) is 2. The molecular weight excluding hydrogens is 124 g/mol. The van der Waals surface area contributed by atoms with Crippen molar-refractivity contribution in [1.82, 2.24) is 5.32 Å². The first-order valence-electron chi connectivity index (χ1n) is 4.20. The summed E-state index contributed by atoms with van der Waals surface area (Å²) < 4.78 is 0. The molecule has 1 fully saturated rings. The van der Waals surface area contributed by atoms with Gasteiger partial charge in [-0.3, -0.25) is 0 Å². The van der Waals surface area contributed by atoms with E-state index in [0.717, 1.165) is 6.54 Å². The van der Waals surface area contributed by atoms with Gasteiger partial charge in [0.25, 0.3) is 0 Å². The molecule has 0 amide bonds. The maximum Gasteiger partial charge on any atom is 0.0307 e. The van der Waals surface area contributed by atoms with Crippen LogP contribution in [0.15, 0.2) is 0 Å². The van der Waals surface area contributed by atoms with Crippen LogP contribution in [0.2, 0.25) is 0 Å². The predicted molar refractivity (Wildman–Crippen MR) is 43.9 cm³/mol. The molecule has 0 aromatic rings. The van der Waals surface area contributed by atoms with Crippen molar-refractivity contribution >= 4 is 0 Å². The Kier molecular flexibility index (Phi) is 2.32. The Bertz CT molecular complexity index is 108. The van der Waals surface area contributed by atoms with Crippen molar-refractivity contribution in [3.05, 3.63) is 0 Å². The minimum absolute atomic E-state index is 0.343. The predicted octanol–water partition coefficient (Wildman–Crippen LogP) is 0.866. The van der Waals surface area contributed by atoms with Crippen molar-refractivity contribution in [2.75, 3.05) is 6.54 Å². The van der Waals surface area contributed by atoms with E-state index in [-0.39, 0.29) is 0 Å². The third kappa shape index (κ3) is 1.70. The van der Waals surface area contributed by atoms with E-state index in [1.54, 1.807) is 0 Å². The van der Waals surface area contributed by atoms with Crippen molar-refractivity contribution in [2.45, 2.75) is 44.7 Å².